The third-order valence-corrected chi connectivity index (χ3v) is 2.06. The molecule has 0 amide bonds. The number of thiol groups is 1. The lowest BCUT2D eigenvalue weighted by molar-refractivity contribution is 0.0596. The van der Waals surface area contributed by atoms with E-state index >= 15 is 0 Å². The van der Waals surface area contributed by atoms with Gasteiger partial charge in [0.05, 0.1) is 19.8 Å². The Balaban J connectivity index is 3.43. The first-order chi connectivity index (χ1) is 7.13. The number of ether oxygens (including phenoxy) is 2. The first-order valence-corrected chi connectivity index (χ1v) is 4.48. The molecule has 1 rings (SSSR count). The number of benzene rings is 1. The Morgan fingerprint density at radius 3 is 2.60 bits per heavy atom. The summed E-state index contributed by atoms with van der Waals surface area (Å²) >= 11 is 4.08. The van der Waals surface area contributed by atoms with Gasteiger partial charge >= 0.3 is 5.97 Å². The minimum Gasteiger partial charge on any atom is -0.494 e. The zero-order chi connectivity index (χ0) is 11.4. The van der Waals surface area contributed by atoms with E-state index in [1.807, 2.05) is 6.07 Å². The maximum atomic E-state index is 11.4. The van der Waals surface area contributed by atoms with E-state index in [0.717, 1.165) is 0 Å². The quantitative estimate of drug-likeness (QED) is 0.611. The summed E-state index contributed by atoms with van der Waals surface area (Å²) in [6, 6.07) is 4.94. The van der Waals surface area contributed by atoms with Gasteiger partial charge in [0.25, 0.3) is 0 Å². The van der Waals surface area contributed by atoms with Gasteiger partial charge in [0.2, 0.25) is 0 Å². The number of rotatable bonds is 2. The van der Waals surface area contributed by atoms with Crippen molar-refractivity contribution in [2.75, 3.05) is 14.2 Å². The van der Waals surface area contributed by atoms with Crippen molar-refractivity contribution in [2.24, 2.45) is 0 Å². The minimum atomic E-state index is -0.556. The number of esters is 1. The van der Waals surface area contributed by atoms with Crippen molar-refractivity contribution in [1.82, 2.24) is 0 Å². The second-order valence-electron chi connectivity index (χ2n) is 2.68. The van der Waals surface area contributed by atoms with E-state index in [0.29, 0.717) is 4.90 Å². The van der Waals surface area contributed by atoms with Crippen LogP contribution in [0.2, 0.25) is 0 Å². The Hall–Kier alpha value is -1.67. The average Bonchev–Trinajstić information content (AvgIpc) is 2.26. The van der Waals surface area contributed by atoms with Gasteiger partial charge in [-0.05, 0) is 12.1 Å². The Kier molecular flexibility index (Phi) is 3.58. The van der Waals surface area contributed by atoms with Crippen molar-refractivity contribution in [1.29, 1.82) is 5.26 Å². The van der Waals surface area contributed by atoms with Crippen molar-refractivity contribution in [3.8, 4) is 11.8 Å². The van der Waals surface area contributed by atoms with E-state index in [1.54, 1.807) is 0 Å². The number of nitriles is 1. The Bertz CT molecular complexity index is 437. The smallest absolute Gasteiger partial charge is 0.341 e. The van der Waals surface area contributed by atoms with Gasteiger partial charge in [-0.25, -0.2) is 4.79 Å². The molecule has 0 atom stereocenters. The molecule has 0 radical (unpaired) electrons. The second-order valence-corrected chi connectivity index (χ2v) is 3.19. The molecule has 0 aliphatic rings. The molecule has 0 fully saturated rings. The van der Waals surface area contributed by atoms with Crippen LogP contribution in [0.25, 0.3) is 0 Å². The molecule has 0 unspecified atom stereocenters. The van der Waals surface area contributed by atoms with Crippen LogP contribution in [-0.2, 0) is 4.74 Å². The van der Waals surface area contributed by atoms with Crippen molar-refractivity contribution in [3.63, 3.8) is 0 Å². The summed E-state index contributed by atoms with van der Waals surface area (Å²) in [5.41, 5.74) is 0.453. The summed E-state index contributed by atoms with van der Waals surface area (Å²) in [5.74, 6) is -0.346. The number of nitrogens with zero attached hydrogens (tertiary/aromatic N) is 1. The van der Waals surface area contributed by atoms with E-state index < -0.39 is 5.97 Å². The molecule has 5 heteroatoms. The molecule has 78 valence electrons. The topological polar surface area (TPSA) is 59.3 Å². The average molecular weight is 223 g/mol. The molecule has 0 heterocycles. The number of methoxy groups -OCH3 is 2. The van der Waals surface area contributed by atoms with E-state index in [2.05, 4.69) is 17.4 Å². The fourth-order valence-corrected chi connectivity index (χ4v) is 1.44. The van der Waals surface area contributed by atoms with E-state index in [4.69, 9.17) is 10.00 Å². The lowest BCUT2D eigenvalue weighted by Gasteiger charge is -2.08. The van der Waals surface area contributed by atoms with Crippen molar-refractivity contribution in [2.45, 2.75) is 4.90 Å². The molecule has 0 aromatic heterocycles. The lowest BCUT2D eigenvalue weighted by Crippen LogP contribution is -2.05. The lowest BCUT2D eigenvalue weighted by atomic mass is 10.1. The zero-order valence-corrected chi connectivity index (χ0v) is 9.17. The van der Waals surface area contributed by atoms with E-state index in [9.17, 15) is 4.79 Å². The minimum absolute atomic E-state index is 0.198. The molecule has 0 saturated heterocycles. The normalized spacial score (nSPS) is 9.20. The van der Waals surface area contributed by atoms with E-state index in [1.165, 1.54) is 26.4 Å². The Morgan fingerprint density at radius 1 is 1.47 bits per heavy atom. The van der Waals surface area contributed by atoms with Crippen LogP contribution < -0.4 is 4.74 Å². The predicted octanol–water partition coefficient (Wildman–Crippen LogP) is 1.64. The predicted molar refractivity (Wildman–Crippen MR) is 56.3 cm³/mol. The van der Waals surface area contributed by atoms with Crippen molar-refractivity contribution < 1.29 is 14.3 Å². The van der Waals surface area contributed by atoms with E-state index in [-0.39, 0.29) is 16.9 Å². The molecule has 4 nitrogen and oxygen atoms in total. The van der Waals surface area contributed by atoms with Crippen LogP contribution in [0.4, 0.5) is 0 Å². The SMILES string of the molecule is COC(=O)c1cc(S)cc(C#N)c1OC. The van der Waals surface area contributed by atoms with Crippen LogP contribution >= 0.6 is 12.6 Å². The van der Waals surface area contributed by atoms with Crippen LogP contribution in [0.5, 0.6) is 5.75 Å². The van der Waals surface area contributed by atoms with Gasteiger partial charge in [0, 0.05) is 4.90 Å². The molecule has 0 aliphatic heterocycles. The van der Waals surface area contributed by atoms with Crippen LogP contribution in [0, 0.1) is 11.3 Å². The Labute approximate surface area is 92.8 Å². The number of hydrogen-bond acceptors (Lipinski definition) is 5. The first kappa shape index (κ1) is 11.4. The number of carbonyl (C=O) groups excluding carboxylic acids is 1. The molecule has 1 aromatic rings. The monoisotopic (exact) mass is 223 g/mol. The maximum Gasteiger partial charge on any atom is 0.341 e. The summed E-state index contributed by atoms with van der Waals surface area (Å²) < 4.78 is 9.56. The summed E-state index contributed by atoms with van der Waals surface area (Å²) in [7, 11) is 2.65. The summed E-state index contributed by atoms with van der Waals surface area (Å²) in [6.45, 7) is 0. The molecule has 15 heavy (non-hydrogen) atoms. The van der Waals surface area contributed by atoms with Gasteiger partial charge in [0.1, 0.15) is 11.6 Å². The molecule has 0 N–H and O–H groups in total. The van der Waals surface area contributed by atoms with Crippen LogP contribution in [0.3, 0.4) is 0 Å². The van der Waals surface area contributed by atoms with Crippen molar-refractivity contribution in [3.05, 3.63) is 23.3 Å². The molecule has 0 spiro atoms. The molecular weight excluding hydrogens is 214 g/mol. The van der Waals surface area contributed by atoms with Crippen LogP contribution in [-0.4, -0.2) is 20.2 Å². The fraction of sp³-hybridized carbons (Fsp3) is 0.200. The highest BCUT2D eigenvalue weighted by Crippen LogP contribution is 2.27. The van der Waals surface area contributed by atoms with Gasteiger partial charge in [-0.2, -0.15) is 5.26 Å². The van der Waals surface area contributed by atoms with Gasteiger partial charge in [-0.15, -0.1) is 12.6 Å². The molecule has 1 aromatic carbocycles. The Morgan fingerprint density at radius 2 is 2.13 bits per heavy atom. The standard InChI is InChI=1S/C10H9NO3S/c1-13-9-6(5-11)3-7(15)4-8(9)10(12)14-2/h3-4,15H,1-2H3. The van der Waals surface area contributed by atoms with Crippen molar-refractivity contribution >= 4 is 18.6 Å². The van der Waals surface area contributed by atoms with Gasteiger partial charge in [0.15, 0.2) is 5.75 Å². The summed E-state index contributed by atoms with van der Waals surface area (Å²) in [4.78, 5) is 11.9. The highest BCUT2D eigenvalue weighted by molar-refractivity contribution is 7.80. The highest BCUT2D eigenvalue weighted by Gasteiger charge is 2.17. The summed E-state index contributed by atoms with van der Waals surface area (Å²) in [6.07, 6.45) is 0. The van der Waals surface area contributed by atoms with Gasteiger partial charge in [-0.3, -0.25) is 0 Å². The zero-order valence-electron chi connectivity index (χ0n) is 8.27. The number of hydrogen-bond donors (Lipinski definition) is 1. The van der Waals surface area contributed by atoms with Gasteiger partial charge in [-0.1, -0.05) is 0 Å². The largest absolute Gasteiger partial charge is 0.494 e. The maximum absolute atomic E-state index is 11.4. The molecule has 0 saturated carbocycles. The number of carbonyl (C=O) groups is 1. The molecular formula is C10H9NO3S. The van der Waals surface area contributed by atoms with Crippen LogP contribution in [0.15, 0.2) is 17.0 Å². The van der Waals surface area contributed by atoms with Gasteiger partial charge < -0.3 is 9.47 Å². The fourth-order valence-electron chi connectivity index (χ4n) is 1.18. The summed E-state index contributed by atoms with van der Waals surface area (Å²) in [5, 5.41) is 8.84. The van der Waals surface area contributed by atoms with Crippen LogP contribution in [0.1, 0.15) is 15.9 Å². The third-order valence-electron chi connectivity index (χ3n) is 1.80. The molecule has 0 aliphatic carbocycles. The first-order valence-electron chi connectivity index (χ1n) is 4.03. The molecule has 0 bridgehead atoms. The third kappa shape index (κ3) is 2.22. The second kappa shape index (κ2) is 4.71. The highest BCUT2D eigenvalue weighted by atomic mass is 32.1.